The van der Waals surface area contributed by atoms with E-state index >= 15 is 0 Å². The molecule has 1 saturated carbocycles. The average molecular weight is 228 g/mol. The summed E-state index contributed by atoms with van der Waals surface area (Å²) in [6.07, 6.45) is 4.86. The Balaban J connectivity index is 2.41. The van der Waals surface area contributed by atoms with Gasteiger partial charge in [-0.3, -0.25) is 0 Å². The fourth-order valence-corrected chi connectivity index (χ4v) is 2.82. The highest BCUT2D eigenvalue weighted by molar-refractivity contribution is 4.83. The molecule has 3 heteroatoms. The number of hydrogen-bond donors (Lipinski definition) is 2. The van der Waals surface area contributed by atoms with Crippen molar-refractivity contribution in [3.63, 3.8) is 0 Å². The third-order valence-electron chi connectivity index (χ3n) is 3.75. The van der Waals surface area contributed by atoms with Crippen LogP contribution < -0.4 is 5.73 Å². The quantitative estimate of drug-likeness (QED) is 0.723. The van der Waals surface area contributed by atoms with Gasteiger partial charge in [-0.1, -0.05) is 13.8 Å². The second-order valence-corrected chi connectivity index (χ2v) is 5.37. The van der Waals surface area contributed by atoms with Crippen molar-refractivity contribution in [2.24, 2.45) is 17.6 Å². The second-order valence-electron chi connectivity index (χ2n) is 5.37. The second kappa shape index (κ2) is 7.25. The van der Waals surface area contributed by atoms with E-state index < -0.39 is 0 Å². The van der Waals surface area contributed by atoms with Crippen LogP contribution in [0.3, 0.4) is 0 Å². The number of rotatable bonds is 6. The summed E-state index contributed by atoms with van der Waals surface area (Å²) in [4.78, 5) is 2.36. The predicted molar refractivity (Wildman–Crippen MR) is 68.3 cm³/mol. The number of aliphatic hydroxyl groups excluding tert-OH is 1. The molecule has 0 amide bonds. The maximum atomic E-state index is 9.04. The van der Waals surface area contributed by atoms with Gasteiger partial charge in [-0.25, -0.2) is 0 Å². The smallest absolute Gasteiger partial charge is 0.0558 e. The molecule has 1 aliphatic carbocycles. The molecule has 0 spiro atoms. The van der Waals surface area contributed by atoms with Crippen LogP contribution in [0.15, 0.2) is 0 Å². The molecule has 3 nitrogen and oxygen atoms in total. The van der Waals surface area contributed by atoms with Crippen molar-refractivity contribution in [1.82, 2.24) is 4.90 Å². The molecule has 3 unspecified atom stereocenters. The number of nitrogens with two attached hydrogens (primary N) is 1. The predicted octanol–water partition coefficient (Wildman–Crippen LogP) is 1.45. The van der Waals surface area contributed by atoms with Gasteiger partial charge in [-0.15, -0.1) is 0 Å². The van der Waals surface area contributed by atoms with E-state index in [2.05, 4.69) is 18.7 Å². The first-order valence-corrected chi connectivity index (χ1v) is 6.76. The van der Waals surface area contributed by atoms with Gasteiger partial charge in [0.1, 0.15) is 0 Å². The van der Waals surface area contributed by atoms with Crippen LogP contribution in [0.4, 0.5) is 0 Å². The van der Waals surface area contributed by atoms with Crippen molar-refractivity contribution in [3.8, 4) is 0 Å². The molecule has 3 N–H and O–H groups in total. The van der Waals surface area contributed by atoms with E-state index in [1.165, 1.54) is 19.3 Å². The molecule has 1 fully saturated rings. The average Bonchev–Trinajstić information content (AvgIpc) is 2.24. The summed E-state index contributed by atoms with van der Waals surface area (Å²) in [5.41, 5.74) is 6.19. The van der Waals surface area contributed by atoms with Crippen LogP contribution in [-0.2, 0) is 0 Å². The molecule has 1 aliphatic rings. The van der Waals surface area contributed by atoms with Crippen LogP contribution in [-0.4, -0.2) is 42.3 Å². The molecule has 0 aromatic carbocycles. The summed E-state index contributed by atoms with van der Waals surface area (Å²) in [6.45, 7) is 7.73. The first-order valence-electron chi connectivity index (χ1n) is 6.76. The molecule has 0 aromatic rings. The number of hydrogen-bond acceptors (Lipinski definition) is 3. The summed E-state index contributed by atoms with van der Waals surface area (Å²) in [5.74, 6) is 1.45. The standard InChI is InChI=1S/C13H28N2O/c1-3-6-15(7-8-16)10-12-9-11(2)4-5-13(12)14/h11-13,16H,3-10,14H2,1-2H3. The van der Waals surface area contributed by atoms with Gasteiger partial charge in [-0.2, -0.15) is 0 Å². The summed E-state index contributed by atoms with van der Waals surface area (Å²) < 4.78 is 0. The lowest BCUT2D eigenvalue weighted by atomic mass is 9.79. The maximum absolute atomic E-state index is 9.04. The minimum atomic E-state index is 0.261. The molecule has 0 aliphatic heterocycles. The Bertz CT molecular complexity index is 181. The fourth-order valence-electron chi connectivity index (χ4n) is 2.82. The van der Waals surface area contributed by atoms with Crippen LogP contribution in [0.5, 0.6) is 0 Å². The van der Waals surface area contributed by atoms with E-state index in [9.17, 15) is 0 Å². The zero-order chi connectivity index (χ0) is 12.0. The van der Waals surface area contributed by atoms with E-state index in [1.54, 1.807) is 0 Å². The van der Waals surface area contributed by atoms with Crippen LogP contribution in [0.25, 0.3) is 0 Å². The van der Waals surface area contributed by atoms with Gasteiger partial charge in [0.05, 0.1) is 6.61 Å². The van der Waals surface area contributed by atoms with Crippen LogP contribution >= 0.6 is 0 Å². The van der Waals surface area contributed by atoms with E-state index in [4.69, 9.17) is 10.8 Å². The Morgan fingerprint density at radius 2 is 2.06 bits per heavy atom. The highest BCUT2D eigenvalue weighted by atomic mass is 16.3. The Morgan fingerprint density at radius 1 is 1.31 bits per heavy atom. The maximum Gasteiger partial charge on any atom is 0.0558 e. The Morgan fingerprint density at radius 3 is 2.69 bits per heavy atom. The third kappa shape index (κ3) is 4.40. The Hall–Kier alpha value is -0.120. The summed E-state index contributed by atoms with van der Waals surface area (Å²) in [7, 11) is 0. The minimum absolute atomic E-state index is 0.261. The number of aliphatic hydroxyl groups is 1. The zero-order valence-electron chi connectivity index (χ0n) is 10.9. The van der Waals surface area contributed by atoms with Crippen LogP contribution in [0.1, 0.15) is 39.5 Å². The Kier molecular flexibility index (Phi) is 6.32. The van der Waals surface area contributed by atoms with E-state index in [-0.39, 0.29) is 6.61 Å². The zero-order valence-corrected chi connectivity index (χ0v) is 10.9. The molecule has 0 radical (unpaired) electrons. The summed E-state index contributed by atoms with van der Waals surface area (Å²) in [6, 6.07) is 0.370. The van der Waals surface area contributed by atoms with E-state index in [0.717, 1.165) is 32.0 Å². The van der Waals surface area contributed by atoms with Gasteiger partial charge < -0.3 is 15.7 Å². The highest BCUT2D eigenvalue weighted by Crippen LogP contribution is 2.28. The van der Waals surface area contributed by atoms with E-state index in [1.807, 2.05) is 0 Å². The van der Waals surface area contributed by atoms with Crippen molar-refractivity contribution in [3.05, 3.63) is 0 Å². The lowest BCUT2D eigenvalue weighted by Crippen LogP contribution is -2.43. The Labute approximate surface area is 100 Å². The molecule has 0 saturated heterocycles. The first-order chi connectivity index (χ1) is 7.67. The van der Waals surface area contributed by atoms with Gasteiger partial charge in [0, 0.05) is 19.1 Å². The summed E-state index contributed by atoms with van der Waals surface area (Å²) in [5, 5.41) is 9.04. The first kappa shape index (κ1) is 13.9. The molecule has 0 aromatic heterocycles. The summed E-state index contributed by atoms with van der Waals surface area (Å²) >= 11 is 0. The van der Waals surface area contributed by atoms with Crippen molar-refractivity contribution in [1.29, 1.82) is 0 Å². The van der Waals surface area contributed by atoms with Crippen molar-refractivity contribution in [2.45, 2.75) is 45.6 Å². The topological polar surface area (TPSA) is 49.5 Å². The normalized spacial score (nSPS) is 30.9. The number of nitrogens with zero attached hydrogens (tertiary/aromatic N) is 1. The van der Waals surface area contributed by atoms with Crippen LogP contribution in [0, 0.1) is 11.8 Å². The molecular weight excluding hydrogens is 200 g/mol. The minimum Gasteiger partial charge on any atom is -0.395 e. The lowest BCUT2D eigenvalue weighted by molar-refractivity contribution is 0.137. The van der Waals surface area contributed by atoms with Crippen molar-refractivity contribution >= 4 is 0 Å². The molecule has 96 valence electrons. The fraction of sp³-hybridized carbons (Fsp3) is 1.00. The van der Waals surface area contributed by atoms with Crippen molar-refractivity contribution < 1.29 is 5.11 Å². The monoisotopic (exact) mass is 228 g/mol. The van der Waals surface area contributed by atoms with Gasteiger partial charge in [-0.05, 0) is 44.1 Å². The van der Waals surface area contributed by atoms with E-state index in [0.29, 0.717) is 12.0 Å². The van der Waals surface area contributed by atoms with Gasteiger partial charge in [0.15, 0.2) is 0 Å². The molecule has 3 atom stereocenters. The molecule has 0 bridgehead atoms. The third-order valence-corrected chi connectivity index (χ3v) is 3.75. The van der Waals surface area contributed by atoms with Crippen LogP contribution in [0.2, 0.25) is 0 Å². The molecule has 1 rings (SSSR count). The van der Waals surface area contributed by atoms with Gasteiger partial charge >= 0.3 is 0 Å². The van der Waals surface area contributed by atoms with Gasteiger partial charge in [0.2, 0.25) is 0 Å². The molecule has 16 heavy (non-hydrogen) atoms. The highest BCUT2D eigenvalue weighted by Gasteiger charge is 2.27. The largest absolute Gasteiger partial charge is 0.395 e. The van der Waals surface area contributed by atoms with Crippen molar-refractivity contribution in [2.75, 3.05) is 26.2 Å². The molecular formula is C13H28N2O. The van der Waals surface area contributed by atoms with Gasteiger partial charge in [0.25, 0.3) is 0 Å². The SMILES string of the molecule is CCCN(CCO)CC1CC(C)CCC1N. The molecule has 0 heterocycles. The lowest BCUT2D eigenvalue weighted by Gasteiger charge is -2.36.